The molecule has 2 aliphatic heterocycles. The zero-order chi connectivity index (χ0) is 41.4. The second kappa shape index (κ2) is 22.5. The number of hydrogen-bond donors (Lipinski definition) is 1. The molecule has 5 rings (SSSR count). The molecule has 0 radical (unpaired) electrons. The van der Waals surface area contributed by atoms with E-state index in [1.165, 1.54) is 24.8 Å². The number of carbonyl (C=O) groups excluding carboxylic acids is 2. The van der Waals surface area contributed by atoms with Crippen molar-refractivity contribution in [3.63, 3.8) is 0 Å². The summed E-state index contributed by atoms with van der Waals surface area (Å²) in [6.07, 6.45) is 6.28. The van der Waals surface area contributed by atoms with Gasteiger partial charge in [0, 0.05) is 55.2 Å². The molecule has 318 valence electrons. The molecule has 3 heterocycles. The van der Waals surface area contributed by atoms with Crippen LogP contribution in [0, 0.1) is 0 Å². The Bertz CT molecular complexity index is 1750. The molecule has 1 amide bonds. The summed E-state index contributed by atoms with van der Waals surface area (Å²) in [5, 5.41) is 5.26. The van der Waals surface area contributed by atoms with Crippen molar-refractivity contribution in [1.29, 1.82) is 0 Å². The zero-order valence-electron chi connectivity index (χ0n) is 35.7. The monoisotopic (exact) mass is 802 g/mol. The van der Waals surface area contributed by atoms with Crippen molar-refractivity contribution in [2.75, 3.05) is 82.7 Å². The van der Waals surface area contributed by atoms with Gasteiger partial charge in [0.2, 0.25) is 0 Å². The number of esters is 1. The predicted molar refractivity (Wildman–Crippen MR) is 227 cm³/mol. The number of aromatic nitrogens is 1. The molecule has 1 aromatic heterocycles. The lowest BCUT2D eigenvalue weighted by Crippen LogP contribution is -2.37. The number of carbonyl (C=O) groups is 2. The standard InChI is InChI=1S/C46H66N4O8/c1-45(2,3)57-43(51)20-25-54-27-29-56-31-30-55-28-26-53-24-11-13-35-12-10-14-36(32-35)44(52)48-42-18-16-38(49-21-8-7-9-22-49)33-39(42)41-17-15-37-34-50(58-46(4,5)6)23-19-40(37)47-41/h10,12,14-18,32-33H,7-9,11,13,19-31,34H2,1-6H3,(H,48,52). The van der Waals surface area contributed by atoms with E-state index in [0.717, 1.165) is 72.8 Å². The lowest BCUT2D eigenvalue weighted by Gasteiger charge is -2.33. The van der Waals surface area contributed by atoms with E-state index in [2.05, 4.69) is 61.3 Å². The fourth-order valence-corrected chi connectivity index (χ4v) is 6.96. The largest absolute Gasteiger partial charge is 0.460 e. The number of benzene rings is 2. The molecule has 1 fully saturated rings. The van der Waals surface area contributed by atoms with Gasteiger partial charge in [0.15, 0.2) is 0 Å². The number of ether oxygens (including phenoxy) is 5. The zero-order valence-corrected chi connectivity index (χ0v) is 35.7. The molecule has 0 aliphatic carbocycles. The van der Waals surface area contributed by atoms with Gasteiger partial charge in [-0.25, -0.2) is 0 Å². The molecule has 0 spiro atoms. The molecule has 0 atom stereocenters. The highest BCUT2D eigenvalue weighted by Crippen LogP contribution is 2.34. The number of nitrogens with one attached hydrogen (secondary N) is 1. The normalized spacial score (nSPS) is 15.0. The third-order valence-corrected chi connectivity index (χ3v) is 9.59. The number of amides is 1. The minimum Gasteiger partial charge on any atom is -0.460 e. The van der Waals surface area contributed by atoms with Crippen LogP contribution in [0.15, 0.2) is 54.6 Å². The van der Waals surface area contributed by atoms with Crippen LogP contribution in [-0.2, 0) is 52.7 Å². The van der Waals surface area contributed by atoms with Crippen molar-refractivity contribution >= 4 is 23.3 Å². The Morgan fingerprint density at radius 2 is 1.43 bits per heavy atom. The minimum atomic E-state index is -0.484. The van der Waals surface area contributed by atoms with E-state index >= 15 is 0 Å². The molecule has 3 aromatic rings. The number of aryl methyl sites for hydroxylation is 1. The third-order valence-electron chi connectivity index (χ3n) is 9.59. The van der Waals surface area contributed by atoms with Crippen LogP contribution in [0.2, 0.25) is 0 Å². The highest BCUT2D eigenvalue weighted by molar-refractivity contribution is 6.06. The van der Waals surface area contributed by atoms with Crippen LogP contribution in [0.4, 0.5) is 11.4 Å². The molecule has 12 nitrogen and oxygen atoms in total. The van der Waals surface area contributed by atoms with Gasteiger partial charge in [0.25, 0.3) is 5.91 Å². The summed E-state index contributed by atoms with van der Waals surface area (Å²) in [6.45, 7) is 19.0. The average Bonchev–Trinajstić information content (AvgIpc) is 3.18. The molecule has 1 saturated heterocycles. The predicted octanol–water partition coefficient (Wildman–Crippen LogP) is 7.81. The third kappa shape index (κ3) is 15.7. The molecule has 58 heavy (non-hydrogen) atoms. The number of nitrogens with zero attached hydrogens (tertiary/aromatic N) is 3. The molecule has 0 saturated carbocycles. The van der Waals surface area contributed by atoms with Crippen LogP contribution < -0.4 is 10.2 Å². The Labute approximate surface area is 345 Å². The summed E-state index contributed by atoms with van der Waals surface area (Å²) < 4.78 is 27.6. The highest BCUT2D eigenvalue weighted by atomic mass is 16.7. The van der Waals surface area contributed by atoms with Crippen molar-refractivity contribution in [2.45, 2.75) is 104 Å². The number of pyridine rings is 1. The summed E-state index contributed by atoms with van der Waals surface area (Å²) in [4.78, 5) is 39.2. The number of piperidine rings is 1. The number of hydrogen-bond acceptors (Lipinski definition) is 11. The van der Waals surface area contributed by atoms with E-state index < -0.39 is 5.60 Å². The number of rotatable bonds is 21. The minimum absolute atomic E-state index is 0.148. The van der Waals surface area contributed by atoms with Crippen molar-refractivity contribution in [3.8, 4) is 11.3 Å². The lowest BCUT2D eigenvalue weighted by molar-refractivity contribution is -0.237. The summed E-state index contributed by atoms with van der Waals surface area (Å²) in [6, 6.07) is 18.4. The SMILES string of the molecule is CC(C)(C)OC(=O)CCOCCOCCOCCOCCCc1cccc(C(=O)Nc2ccc(N3CCCCC3)cc2-c2ccc3c(n2)CCN(OC(C)(C)C)C3)c1. The van der Waals surface area contributed by atoms with Crippen LogP contribution >= 0.6 is 0 Å². The van der Waals surface area contributed by atoms with Gasteiger partial charge < -0.3 is 33.9 Å². The Hall–Kier alpha value is -3.91. The van der Waals surface area contributed by atoms with Crippen LogP contribution in [0.1, 0.15) is 101 Å². The van der Waals surface area contributed by atoms with Gasteiger partial charge >= 0.3 is 5.97 Å². The molecular weight excluding hydrogens is 737 g/mol. The van der Waals surface area contributed by atoms with Crippen LogP contribution in [0.5, 0.6) is 0 Å². The summed E-state index contributed by atoms with van der Waals surface area (Å²) >= 11 is 0. The highest BCUT2D eigenvalue weighted by Gasteiger charge is 2.24. The smallest absolute Gasteiger partial charge is 0.308 e. The van der Waals surface area contributed by atoms with E-state index in [0.29, 0.717) is 65.0 Å². The number of anilines is 2. The first-order chi connectivity index (χ1) is 27.8. The fraction of sp³-hybridized carbons (Fsp3) is 0.587. The Balaban J connectivity index is 1.05. The van der Waals surface area contributed by atoms with Gasteiger partial charge in [-0.05, 0) is 121 Å². The first kappa shape index (κ1) is 45.2. The molecule has 2 aliphatic rings. The average molecular weight is 803 g/mol. The summed E-state index contributed by atoms with van der Waals surface area (Å²) in [5.41, 5.74) is 6.91. The molecule has 0 unspecified atom stereocenters. The lowest BCUT2D eigenvalue weighted by atomic mass is 10.0. The second-order valence-electron chi connectivity index (χ2n) is 16.9. The van der Waals surface area contributed by atoms with Gasteiger partial charge in [0.1, 0.15) is 5.60 Å². The summed E-state index contributed by atoms with van der Waals surface area (Å²) in [5.74, 6) is -0.414. The van der Waals surface area contributed by atoms with Crippen LogP contribution in [0.3, 0.4) is 0 Å². The molecule has 0 bridgehead atoms. The van der Waals surface area contributed by atoms with Crippen molar-refractivity contribution < 1.29 is 38.1 Å². The van der Waals surface area contributed by atoms with E-state index in [1.54, 1.807) is 0 Å². The molecule has 2 aromatic carbocycles. The van der Waals surface area contributed by atoms with Gasteiger partial charge in [-0.2, -0.15) is 5.06 Å². The Morgan fingerprint density at radius 3 is 2.12 bits per heavy atom. The quantitative estimate of drug-likeness (QED) is 0.0839. The van der Waals surface area contributed by atoms with E-state index in [1.807, 2.05) is 50.1 Å². The van der Waals surface area contributed by atoms with Gasteiger partial charge in [0.05, 0.1) is 76.2 Å². The van der Waals surface area contributed by atoms with E-state index in [9.17, 15) is 9.59 Å². The van der Waals surface area contributed by atoms with Gasteiger partial charge in [-0.3, -0.25) is 19.4 Å². The summed E-state index contributed by atoms with van der Waals surface area (Å²) in [7, 11) is 0. The van der Waals surface area contributed by atoms with Crippen LogP contribution in [-0.4, -0.2) is 106 Å². The molecule has 12 heteroatoms. The van der Waals surface area contributed by atoms with E-state index in [4.69, 9.17) is 33.5 Å². The number of fused-ring (bicyclic) bond motifs is 1. The number of hydroxylamine groups is 2. The maximum Gasteiger partial charge on any atom is 0.308 e. The Morgan fingerprint density at radius 1 is 0.741 bits per heavy atom. The Kier molecular flexibility index (Phi) is 17.5. The van der Waals surface area contributed by atoms with Gasteiger partial charge in [-0.15, -0.1) is 0 Å². The van der Waals surface area contributed by atoms with Crippen molar-refractivity contribution in [3.05, 3.63) is 77.0 Å². The first-order valence-corrected chi connectivity index (χ1v) is 21.1. The second-order valence-corrected chi connectivity index (χ2v) is 16.9. The van der Waals surface area contributed by atoms with E-state index in [-0.39, 0.29) is 23.9 Å². The van der Waals surface area contributed by atoms with Crippen molar-refractivity contribution in [1.82, 2.24) is 10.0 Å². The molecule has 1 N–H and O–H groups in total. The first-order valence-electron chi connectivity index (χ1n) is 21.1. The maximum atomic E-state index is 13.8. The van der Waals surface area contributed by atoms with Gasteiger partial charge in [-0.1, -0.05) is 18.2 Å². The maximum absolute atomic E-state index is 13.8. The van der Waals surface area contributed by atoms with Crippen molar-refractivity contribution in [2.24, 2.45) is 0 Å². The molecular formula is C46H66N4O8. The van der Waals surface area contributed by atoms with Crippen LogP contribution in [0.25, 0.3) is 11.3 Å². The fourth-order valence-electron chi connectivity index (χ4n) is 6.96. The topological polar surface area (TPSA) is 121 Å².